The van der Waals surface area contributed by atoms with Gasteiger partial charge in [0.2, 0.25) is 6.29 Å². The number of ether oxygens (including phenoxy) is 2. The Kier molecular flexibility index (Phi) is 4.24. The molecule has 0 bridgehead atoms. The van der Waals surface area contributed by atoms with Gasteiger partial charge in [0.25, 0.3) is 0 Å². The van der Waals surface area contributed by atoms with Crippen molar-refractivity contribution in [1.29, 1.82) is 0 Å². The first-order valence-corrected chi connectivity index (χ1v) is 7.00. The van der Waals surface area contributed by atoms with E-state index in [4.69, 9.17) is 19.0 Å². The Morgan fingerprint density at radius 3 is 2.46 bits per heavy atom. The Bertz CT molecular complexity index is 814. The Morgan fingerprint density at radius 2 is 1.75 bits per heavy atom. The quantitative estimate of drug-likeness (QED) is 0.518. The van der Waals surface area contributed by atoms with Crippen molar-refractivity contribution in [2.75, 3.05) is 0 Å². The van der Waals surface area contributed by atoms with E-state index in [0.717, 1.165) is 0 Å². The lowest BCUT2D eigenvalue weighted by Crippen LogP contribution is -2.61. The molecule has 1 saturated heterocycles. The Hall–Kier alpha value is -2.46. The second-order valence-corrected chi connectivity index (χ2v) is 5.31. The smallest absolute Gasteiger partial charge is 0.336 e. The van der Waals surface area contributed by atoms with Crippen LogP contribution in [0.1, 0.15) is 0 Å². The topological polar surface area (TPSA) is 147 Å². The molecule has 3 rings (SSSR count). The normalized spacial score (nSPS) is 30.2. The molecule has 1 aromatic carbocycles. The molecule has 1 aliphatic heterocycles. The van der Waals surface area contributed by atoms with Gasteiger partial charge in [-0.15, -0.1) is 0 Å². The molecule has 128 valence electrons. The van der Waals surface area contributed by atoms with E-state index in [-0.39, 0.29) is 11.3 Å². The number of benzene rings is 1. The van der Waals surface area contributed by atoms with Crippen molar-refractivity contribution in [2.24, 2.45) is 0 Å². The lowest BCUT2D eigenvalue weighted by Gasteiger charge is -2.38. The third kappa shape index (κ3) is 2.97. The summed E-state index contributed by atoms with van der Waals surface area (Å²) in [5.41, 5.74) is -0.334. The monoisotopic (exact) mass is 344 g/mol. The highest BCUT2D eigenvalue weighted by Crippen LogP contribution is 2.26. The van der Waals surface area contributed by atoms with Crippen molar-refractivity contribution in [3.05, 3.63) is 40.8 Å². The lowest BCUT2D eigenvalue weighted by molar-refractivity contribution is -0.271. The maximum Gasteiger partial charge on any atom is 0.336 e. The van der Waals surface area contributed by atoms with Gasteiger partial charge in [0.05, 0.1) is 0 Å². The molecule has 1 aromatic heterocycles. The summed E-state index contributed by atoms with van der Waals surface area (Å²) in [6.07, 6.45) is -8.52. The number of hydrogen-bond acceptors (Lipinski definition) is 8. The van der Waals surface area contributed by atoms with Crippen molar-refractivity contribution in [3.8, 4) is 5.75 Å². The fourth-order valence-electron chi connectivity index (χ4n) is 2.40. The van der Waals surface area contributed by atoms with Crippen molar-refractivity contribution in [2.45, 2.75) is 30.7 Å². The molecule has 4 N–H and O–H groups in total. The minimum Gasteiger partial charge on any atom is -0.479 e. The first-order chi connectivity index (χ1) is 11.4. The number of carboxylic acids is 1. The summed E-state index contributed by atoms with van der Waals surface area (Å²) in [6, 6.07) is 7.25. The molecule has 24 heavy (non-hydrogen) atoms. The zero-order chi connectivity index (χ0) is 17.4. The number of rotatable bonds is 3. The van der Waals surface area contributed by atoms with E-state index >= 15 is 0 Å². The zero-order valence-corrected chi connectivity index (χ0v) is 12.1. The number of fused-ring (bicyclic) bond motifs is 1. The highest BCUT2D eigenvalue weighted by molar-refractivity contribution is 5.77. The predicted molar refractivity (Wildman–Crippen MR) is 77.4 cm³/mol. The van der Waals surface area contributed by atoms with Crippen LogP contribution in [-0.2, 0) is 9.53 Å². The molecule has 2 aromatic rings. The summed E-state index contributed by atoms with van der Waals surface area (Å²) in [6.45, 7) is 0. The maximum atomic E-state index is 11.2. The third-order valence-corrected chi connectivity index (χ3v) is 3.66. The van der Waals surface area contributed by atoms with Gasteiger partial charge in [0, 0.05) is 17.5 Å². The molecule has 1 aliphatic rings. The average Bonchev–Trinajstić information content (AvgIpc) is 2.54. The molecular formula is C15H14O9. The summed E-state index contributed by atoms with van der Waals surface area (Å²) >= 11 is 0. The van der Waals surface area contributed by atoms with Gasteiger partial charge in [-0.05, 0) is 18.2 Å². The van der Waals surface area contributed by atoms with Crippen LogP contribution in [0.3, 0.4) is 0 Å². The molecular weight excluding hydrogens is 330 g/mol. The number of hydrogen-bond donors (Lipinski definition) is 4. The van der Waals surface area contributed by atoms with Crippen LogP contribution in [0.2, 0.25) is 0 Å². The van der Waals surface area contributed by atoms with Gasteiger partial charge in [-0.3, -0.25) is 0 Å². The first-order valence-electron chi connectivity index (χ1n) is 7.00. The fraction of sp³-hybridized carbons (Fsp3) is 0.333. The molecule has 0 radical (unpaired) electrons. The number of carboxylic acid groups (broad SMARTS) is 1. The zero-order valence-electron chi connectivity index (χ0n) is 12.1. The van der Waals surface area contributed by atoms with E-state index in [1.807, 2.05) is 0 Å². The molecule has 1 unspecified atom stereocenters. The maximum absolute atomic E-state index is 11.2. The van der Waals surface area contributed by atoms with Gasteiger partial charge in [-0.2, -0.15) is 0 Å². The van der Waals surface area contributed by atoms with Crippen LogP contribution in [0.5, 0.6) is 5.75 Å². The van der Waals surface area contributed by atoms with E-state index in [1.165, 1.54) is 18.2 Å². The van der Waals surface area contributed by atoms with Crippen molar-refractivity contribution < 1.29 is 39.1 Å². The Balaban J connectivity index is 1.86. The lowest BCUT2D eigenvalue weighted by atomic mass is 9.99. The van der Waals surface area contributed by atoms with Crippen LogP contribution in [-0.4, -0.2) is 57.1 Å². The second-order valence-electron chi connectivity index (χ2n) is 5.31. The molecule has 9 nitrogen and oxygen atoms in total. The molecule has 2 heterocycles. The molecule has 0 amide bonds. The Morgan fingerprint density at radius 1 is 1.04 bits per heavy atom. The van der Waals surface area contributed by atoms with Crippen LogP contribution in [0.4, 0.5) is 0 Å². The summed E-state index contributed by atoms with van der Waals surface area (Å²) in [4.78, 5) is 22.3. The summed E-state index contributed by atoms with van der Waals surface area (Å²) < 4.78 is 15.3. The van der Waals surface area contributed by atoms with Crippen LogP contribution in [0.15, 0.2) is 39.5 Å². The van der Waals surface area contributed by atoms with E-state index < -0.39 is 42.3 Å². The first kappa shape index (κ1) is 16.4. The van der Waals surface area contributed by atoms with E-state index in [1.54, 1.807) is 12.1 Å². The summed E-state index contributed by atoms with van der Waals surface area (Å²) in [7, 11) is 0. The number of aliphatic hydroxyl groups excluding tert-OH is 3. The molecule has 0 spiro atoms. The second kappa shape index (κ2) is 6.21. The Labute approximate surface area is 134 Å². The molecule has 1 fully saturated rings. The largest absolute Gasteiger partial charge is 0.479 e. The third-order valence-electron chi connectivity index (χ3n) is 3.66. The van der Waals surface area contributed by atoms with Gasteiger partial charge in [-0.25, -0.2) is 9.59 Å². The van der Waals surface area contributed by atoms with Crippen LogP contribution in [0, 0.1) is 0 Å². The van der Waals surface area contributed by atoms with Crippen molar-refractivity contribution in [3.63, 3.8) is 0 Å². The number of aliphatic carboxylic acids is 1. The van der Waals surface area contributed by atoms with Crippen molar-refractivity contribution >= 4 is 16.9 Å². The van der Waals surface area contributed by atoms with Crippen LogP contribution < -0.4 is 10.4 Å². The van der Waals surface area contributed by atoms with E-state index in [2.05, 4.69) is 0 Å². The molecule has 0 aliphatic carbocycles. The summed E-state index contributed by atoms with van der Waals surface area (Å²) in [5, 5.41) is 38.9. The van der Waals surface area contributed by atoms with E-state index in [9.17, 15) is 24.9 Å². The molecule has 0 saturated carbocycles. The van der Waals surface area contributed by atoms with Gasteiger partial charge in [0.1, 0.15) is 29.6 Å². The average molecular weight is 344 g/mol. The SMILES string of the molecule is O=C(O)C1O[C@H](O[13c]2[13cH][13cH][13c]3ccc(=O)o[13c]3[13cH]2)[C@H](O)[C@H](O)[C@H]1O. The fourth-order valence-corrected chi connectivity index (χ4v) is 2.40. The molecule has 5 atom stereocenters. The standard InChI is InChI=1S/C15H14O9/c16-9-4-2-6-1-3-7(5-8(6)23-9)22-15-12(19)10(17)11(18)13(24-15)14(20)21/h1-5,10-13,15,17-19H,(H,20,21)/t10-,11-,12-,13?,15+/m1/s1/i1+1,3+1,5+1,6+1,7+1,8+1. The minimum absolute atomic E-state index is 0.119. The molecule has 9 heteroatoms. The summed E-state index contributed by atoms with van der Waals surface area (Å²) in [5.74, 6) is -1.39. The van der Waals surface area contributed by atoms with Gasteiger partial charge < -0.3 is 34.3 Å². The number of carbonyl (C=O) groups is 1. The van der Waals surface area contributed by atoms with Gasteiger partial charge in [0.15, 0.2) is 6.10 Å². The highest BCUT2D eigenvalue weighted by atomic mass is 16.7. The minimum atomic E-state index is -1.80. The van der Waals surface area contributed by atoms with Gasteiger partial charge >= 0.3 is 11.6 Å². The van der Waals surface area contributed by atoms with Crippen LogP contribution >= 0.6 is 0 Å². The van der Waals surface area contributed by atoms with Gasteiger partial charge in [-0.1, -0.05) is 0 Å². The number of aliphatic hydroxyl groups is 3. The van der Waals surface area contributed by atoms with Crippen molar-refractivity contribution in [1.82, 2.24) is 0 Å². The van der Waals surface area contributed by atoms with Crippen LogP contribution in [0.25, 0.3) is 11.0 Å². The van der Waals surface area contributed by atoms with E-state index in [0.29, 0.717) is 5.39 Å². The highest BCUT2D eigenvalue weighted by Gasteiger charge is 2.48. The predicted octanol–water partition coefficient (Wildman–Crippen LogP) is -0.936.